The lowest BCUT2D eigenvalue weighted by molar-refractivity contribution is 0.368. The number of hydrogen-bond donors (Lipinski definition) is 1. The fourth-order valence-corrected chi connectivity index (χ4v) is 4.00. The molecule has 0 bridgehead atoms. The first kappa shape index (κ1) is 15.6. The van der Waals surface area contributed by atoms with Crippen LogP contribution < -0.4 is 13.8 Å². The molecule has 0 aliphatic rings. The summed E-state index contributed by atoms with van der Waals surface area (Å²) in [5.74, 6) is 1.68. The second kappa shape index (κ2) is 7.86. The quantitative estimate of drug-likeness (QED) is 0.588. The zero-order chi connectivity index (χ0) is 15.0. The van der Waals surface area contributed by atoms with Crippen molar-refractivity contribution in [2.24, 2.45) is 0 Å². The lowest BCUT2D eigenvalue weighted by Crippen LogP contribution is -2.59. The molecule has 2 aromatic carbocycles. The Labute approximate surface area is 128 Å². The molecule has 0 saturated heterocycles. The van der Waals surface area contributed by atoms with Gasteiger partial charge >= 0.3 is 8.72 Å². The Morgan fingerprint density at radius 3 is 1.76 bits per heavy atom. The van der Waals surface area contributed by atoms with Gasteiger partial charge in [-0.3, -0.25) is 4.98 Å². The summed E-state index contributed by atoms with van der Waals surface area (Å²) in [6.45, 7) is 5.12. The molecule has 0 unspecified atom stereocenters. The average Bonchev–Trinajstić information content (AvgIpc) is 2.49. The Morgan fingerprint density at radius 2 is 1.33 bits per heavy atom. The number of nitrogens with one attached hydrogen (secondary N) is 1. The Balaban J connectivity index is 2.09. The van der Waals surface area contributed by atoms with Crippen LogP contribution in [0, 0.1) is 0 Å². The minimum atomic E-state index is -2.52. The summed E-state index contributed by atoms with van der Waals surface area (Å²) in [5, 5.41) is 0. The van der Waals surface area contributed by atoms with Crippen molar-refractivity contribution in [3.63, 3.8) is 0 Å². The van der Waals surface area contributed by atoms with E-state index in [1.807, 2.05) is 67.2 Å². The van der Waals surface area contributed by atoms with E-state index in [1.165, 1.54) is 0 Å². The van der Waals surface area contributed by atoms with E-state index in [0.29, 0.717) is 0 Å². The van der Waals surface area contributed by atoms with Crippen molar-refractivity contribution >= 4 is 8.72 Å². The molecule has 0 aromatic heterocycles. The third-order valence-corrected chi connectivity index (χ3v) is 5.23. The van der Waals surface area contributed by atoms with Gasteiger partial charge in [0.05, 0.1) is 0 Å². The van der Waals surface area contributed by atoms with Crippen molar-refractivity contribution < 1.29 is 8.85 Å². The van der Waals surface area contributed by atoms with Crippen LogP contribution in [-0.4, -0.2) is 15.3 Å². The molecule has 0 aliphatic carbocycles. The van der Waals surface area contributed by atoms with Crippen LogP contribution in [0.15, 0.2) is 60.7 Å². The zero-order valence-corrected chi connectivity index (χ0v) is 13.7. The smallest absolute Gasteiger partial charge is 0.501 e. The van der Waals surface area contributed by atoms with Crippen LogP contribution in [0.1, 0.15) is 19.8 Å². The number of para-hydroxylation sites is 2. The second-order valence-electron chi connectivity index (χ2n) is 5.06. The highest BCUT2D eigenvalue weighted by Gasteiger charge is 2.36. The number of rotatable bonds is 8. The molecule has 2 rings (SSSR count). The molecule has 0 atom stereocenters. The van der Waals surface area contributed by atoms with Gasteiger partial charge in [0.2, 0.25) is 0 Å². The first-order valence-corrected chi connectivity index (χ1v) is 9.77. The van der Waals surface area contributed by atoms with Crippen molar-refractivity contribution in [2.75, 3.05) is 6.54 Å². The molecular weight excluding hydrogens is 278 g/mol. The minimum Gasteiger partial charge on any atom is -0.501 e. The van der Waals surface area contributed by atoms with E-state index in [9.17, 15) is 0 Å². The first-order valence-electron chi connectivity index (χ1n) is 7.45. The number of unbranched alkanes of at least 4 members (excludes halogenated alkanes) is 1. The molecule has 0 radical (unpaired) electrons. The van der Waals surface area contributed by atoms with Crippen molar-refractivity contribution in [1.82, 2.24) is 4.98 Å². The monoisotopic (exact) mass is 301 g/mol. The normalized spacial score (nSPS) is 11.1. The Kier molecular flexibility index (Phi) is 5.84. The standard InChI is InChI=1S/C17H23NO2Si/c1-3-4-15-18-21(2,19-16-11-7-5-8-12-16)20-17-13-9-6-10-14-17/h5-14,18H,3-4,15H2,1-2H3. The molecule has 112 valence electrons. The van der Waals surface area contributed by atoms with Gasteiger partial charge in [0.25, 0.3) is 0 Å². The van der Waals surface area contributed by atoms with Gasteiger partial charge in [-0.2, -0.15) is 0 Å². The third-order valence-electron chi connectivity index (χ3n) is 3.09. The Hall–Kier alpha value is -1.78. The molecule has 0 saturated carbocycles. The van der Waals surface area contributed by atoms with Crippen LogP contribution >= 0.6 is 0 Å². The summed E-state index contributed by atoms with van der Waals surface area (Å²) < 4.78 is 12.3. The summed E-state index contributed by atoms with van der Waals surface area (Å²) in [4.78, 5) is 3.49. The second-order valence-corrected chi connectivity index (χ2v) is 7.71. The topological polar surface area (TPSA) is 30.5 Å². The molecule has 0 amide bonds. The van der Waals surface area contributed by atoms with E-state index in [2.05, 4.69) is 11.9 Å². The summed E-state index contributed by atoms with van der Waals surface area (Å²) in [5.41, 5.74) is 0. The van der Waals surface area contributed by atoms with Gasteiger partial charge in [-0.25, -0.2) is 0 Å². The fourth-order valence-electron chi connectivity index (χ4n) is 2.01. The van der Waals surface area contributed by atoms with Crippen molar-refractivity contribution in [2.45, 2.75) is 26.3 Å². The summed E-state index contributed by atoms with van der Waals surface area (Å²) >= 11 is 0. The van der Waals surface area contributed by atoms with Gasteiger partial charge in [0.1, 0.15) is 11.5 Å². The van der Waals surface area contributed by atoms with Gasteiger partial charge in [-0.05, 0) is 37.2 Å². The van der Waals surface area contributed by atoms with E-state index < -0.39 is 8.72 Å². The van der Waals surface area contributed by atoms with Crippen molar-refractivity contribution in [3.05, 3.63) is 60.7 Å². The Morgan fingerprint density at radius 1 is 0.857 bits per heavy atom. The fraction of sp³-hybridized carbons (Fsp3) is 0.294. The maximum Gasteiger partial charge on any atom is 0.549 e. The first-order chi connectivity index (χ1) is 10.2. The number of hydrogen-bond acceptors (Lipinski definition) is 3. The van der Waals surface area contributed by atoms with Gasteiger partial charge in [0.15, 0.2) is 0 Å². The lowest BCUT2D eigenvalue weighted by Gasteiger charge is -2.28. The highest BCUT2D eigenvalue weighted by atomic mass is 28.4. The summed E-state index contributed by atoms with van der Waals surface area (Å²) in [7, 11) is -2.52. The lowest BCUT2D eigenvalue weighted by atomic mass is 10.3. The van der Waals surface area contributed by atoms with Crippen LogP contribution in [0.3, 0.4) is 0 Å². The van der Waals surface area contributed by atoms with Crippen LogP contribution in [0.25, 0.3) is 0 Å². The molecule has 0 spiro atoms. The molecule has 3 nitrogen and oxygen atoms in total. The number of benzene rings is 2. The largest absolute Gasteiger partial charge is 0.549 e. The van der Waals surface area contributed by atoms with Gasteiger partial charge in [-0.1, -0.05) is 49.7 Å². The van der Waals surface area contributed by atoms with Gasteiger partial charge < -0.3 is 8.85 Å². The molecule has 1 N–H and O–H groups in total. The van der Waals surface area contributed by atoms with Crippen LogP contribution in [-0.2, 0) is 0 Å². The highest BCUT2D eigenvalue weighted by molar-refractivity contribution is 6.64. The maximum absolute atomic E-state index is 6.16. The summed E-state index contributed by atoms with van der Waals surface area (Å²) in [6, 6.07) is 19.7. The zero-order valence-electron chi connectivity index (χ0n) is 12.7. The molecule has 0 fully saturated rings. The predicted octanol–water partition coefficient (Wildman–Crippen LogP) is 4.10. The Bertz CT molecular complexity index is 477. The van der Waals surface area contributed by atoms with Crippen LogP contribution in [0.4, 0.5) is 0 Å². The molecule has 2 aromatic rings. The van der Waals surface area contributed by atoms with E-state index in [1.54, 1.807) is 0 Å². The van der Waals surface area contributed by atoms with Gasteiger partial charge in [0, 0.05) is 6.55 Å². The van der Waals surface area contributed by atoms with E-state index >= 15 is 0 Å². The van der Waals surface area contributed by atoms with Crippen LogP contribution in [0.5, 0.6) is 11.5 Å². The molecule has 21 heavy (non-hydrogen) atoms. The van der Waals surface area contributed by atoms with E-state index in [-0.39, 0.29) is 0 Å². The highest BCUT2D eigenvalue weighted by Crippen LogP contribution is 2.18. The average molecular weight is 301 g/mol. The third kappa shape index (κ3) is 5.25. The summed E-state index contributed by atoms with van der Waals surface area (Å²) in [6.07, 6.45) is 2.26. The van der Waals surface area contributed by atoms with Gasteiger partial charge in [-0.15, -0.1) is 0 Å². The molecule has 0 heterocycles. The van der Waals surface area contributed by atoms with Crippen LogP contribution in [0.2, 0.25) is 6.55 Å². The predicted molar refractivity (Wildman–Crippen MR) is 88.7 cm³/mol. The molecular formula is C17H23NO2Si. The van der Waals surface area contributed by atoms with Crippen molar-refractivity contribution in [1.29, 1.82) is 0 Å². The SMILES string of the molecule is CCCCN[Si](C)(Oc1ccccc1)Oc1ccccc1. The molecule has 4 heteroatoms. The van der Waals surface area contributed by atoms with E-state index in [4.69, 9.17) is 8.85 Å². The van der Waals surface area contributed by atoms with E-state index in [0.717, 1.165) is 30.9 Å². The molecule has 0 aliphatic heterocycles. The minimum absolute atomic E-state index is 0.839. The maximum atomic E-state index is 6.16. The van der Waals surface area contributed by atoms with Crippen molar-refractivity contribution in [3.8, 4) is 11.5 Å².